The third-order valence-electron chi connectivity index (χ3n) is 3.97. The van der Waals surface area contributed by atoms with Gasteiger partial charge in [0.1, 0.15) is 12.2 Å². The average Bonchev–Trinajstić information content (AvgIpc) is 3.05. The lowest BCUT2D eigenvalue weighted by molar-refractivity contribution is 0.480. The molecule has 0 amide bonds. The van der Waals surface area contributed by atoms with Gasteiger partial charge in [0.05, 0.1) is 6.54 Å². The fourth-order valence-electron chi connectivity index (χ4n) is 2.65. The Labute approximate surface area is 120 Å². The summed E-state index contributed by atoms with van der Waals surface area (Å²) in [6.45, 7) is 4.09. The van der Waals surface area contributed by atoms with Gasteiger partial charge >= 0.3 is 0 Å². The molecule has 1 saturated carbocycles. The van der Waals surface area contributed by atoms with Gasteiger partial charge in [0, 0.05) is 25.5 Å². The molecule has 2 heterocycles. The summed E-state index contributed by atoms with van der Waals surface area (Å²) in [5, 5.41) is 7.80. The van der Waals surface area contributed by atoms with Gasteiger partial charge in [0.25, 0.3) is 0 Å². The second kappa shape index (κ2) is 5.79. The van der Waals surface area contributed by atoms with Crippen molar-refractivity contribution < 1.29 is 0 Å². The van der Waals surface area contributed by atoms with Crippen molar-refractivity contribution in [2.24, 2.45) is 13.0 Å². The minimum absolute atomic E-state index is 0.524. The van der Waals surface area contributed by atoms with Gasteiger partial charge in [-0.15, -0.1) is 0 Å². The zero-order valence-corrected chi connectivity index (χ0v) is 12.3. The molecular weight excluding hydrogens is 250 g/mol. The molecule has 1 unspecified atom stereocenters. The lowest BCUT2D eigenvalue weighted by atomic mass is 10.1. The smallest absolute Gasteiger partial charge is 0.146 e. The maximum absolute atomic E-state index is 4.28. The summed E-state index contributed by atoms with van der Waals surface area (Å²) in [5.41, 5.74) is 1.41. The first-order valence-corrected chi connectivity index (χ1v) is 7.50. The third-order valence-corrected chi connectivity index (χ3v) is 3.97. The Bertz CT molecular complexity index is 552. The van der Waals surface area contributed by atoms with E-state index in [0.717, 1.165) is 24.8 Å². The van der Waals surface area contributed by atoms with Gasteiger partial charge in [-0.3, -0.25) is 4.68 Å². The van der Waals surface area contributed by atoms with Crippen LogP contribution in [0, 0.1) is 5.92 Å². The average molecular weight is 273 g/mol. The minimum atomic E-state index is 0.524. The van der Waals surface area contributed by atoms with Crippen LogP contribution in [0.25, 0.3) is 0 Å². The topological polar surface area (TPSA) is 47.7 Å². The van der Waals surface area contributed by atoms with Gasteiger partial charge in [0.2, 0.25) is 0 Å². The SMILES string of the molecule is CCCNC(c1ccn(Cc2ncnn2C)c1)C1CC1. The van der Waals surface area contributed by atoms with Crippen molar-refractivity contribution >= 4 is 0 Å². The van der Waals surface area contributed by atoms with Crippen LogP contribution in [-0.4, -0.2) is 25.9 Å². The Hall–Kier alpha value is -1.62. The number of hydrogen-bond acceptors (Lipinski definition) is 3. The summed E-state index contributed by atoms with van der Waals surface area (Å²) in [5.74, 6) is 1.81. The molecule has 1 fully saturated rings. The summed E-state index contributed by atoms with van der Waals surface area (Å²) in [6, 6.07) is 2.76. The zero-order chi connectivity index (χ0) is 13.9. The molecule has 0 spiro atoms. The largest absolute Gasteiger partial charge is 0.346 e. The highest BCUT2D eigenvalue weighted by Gasteiger charge is 2.32. The molecule has 5 heteroatoms. The fraction of sp³-hybridized carbons (Fsp3) is 0.600. The van der Waals surface area contributed by atoms with E-state index in [-0.39, 0.29) is 0 Å². The zero-order valence-electron chi connectivity index (χ0n) is 12.3. The number of nitrogens with one attached hydrogen (secondary N) is 1. The predicted octanol–water partition coefficient (Wildman–Crippen LogP) is 2.12. The number of hydrogen-bond donors (Lipinski definition) is 1. The molecule has 2 aromatic rings. The molecule has 1 aliphatic rings. The summed E-state index contributed by atoms with van der Waals surface area (Å²) < 4.78 is 4.02. The Morgan fingerprint density at radius 3 is 2.95 bits per heavy atom. The Morgan fingerprint density at radius 1 is 1.45 bits per heavy atom. The summed E-state index contributed by atoms with van der Waals surface area (Å²) in [4.78, 5) is 4.28. The van der Waals surface area contributed by atoms with Gasteiger partial charge in [-0.1, -0.05) is 6.92 Å². The summed E-state index contributed by atoms with van der Waals surface area (Å²) in [6.07, 6.45) is 9.90. The van der Waals surface area contributed by atoms with Crippen molar-refractivity contribution in [3.05, 3.63) is 36.2 Å². The molecule has 20 heavy (non-hydrogen) atoms. The molecule has 1 atom stereocenters. The van der Waals surface area contributed by atoms with Crippen LogP contribution >= 0.6 is 0 Å². The first-order valence-electron chi connectivity index (χ1n) is 7.50. The van der Waals surface area contributed by atoms with Crippen LogP contribution < -0.4 is 5.32 Å². The molecule has 0 saturated heterocycles. The van der Waals surface area contributed by atoms with Gasteiger partial charge in [0.15, 0.2) is 0 Å². The lowest BCUT2D eigenvalue weighted by Crippen LogP contribution is -2.23. The highest BCUT2D eigenvalue weighted by molar-refractivity contribution is 5.19. The molecule has 1 N–H and O–H groups in total. The van der Waals surface area contributed by atoms with Crippen LogP contribution in [-0.2, 0) is 13.6 Å². The van der Waals surface area contributed by atoms with Crippen molar-refractivity contribution in [1.82, 2.24) is 24.6 Å². The van der Waals surface area contributed by atoms with Crippen molar-refractivity contribution in [1.29, 1.82) is 0 Å². The summed E-state index contributed by atoms with van der Waals surface area (Å²) in [7, 11) is 1.93. The maximum Gasteiger partial charge on any atom is 0.146 e. The number of nitrogens with zero attached hydrogens (tertiary/aromatic N) is 4. The minimum Gasteiger partial charge on any atom is -0.346 e. The normalized spacial score (nSPS) is 16.5. The van der Waals surface area contributed by atoms with E-state index in [1.54, 1.807) is 6.33 Å². The van der Waals surface area contributed by atoms with Crippen LogP contribution in [0.15, 0.2) is 24.8 Å². The van der Waals surface area contributed by atoms with Crippen molar-refractivity contribution in [3.63, 3.8) is 0 Å². The van der Waals surface area contributed by atoms with Crippen LogP contribution in [0.2, 0.25) is 0 Å². The fourth-order valence-corrected chi connectivity index (χ4v) is 2.65. The van der Waals surface area contributed by atoms with E-state index in [1.165, 1.54) is 24.8 Å². The molecule has 0 bridgehead atoms. The van der Waals surface area contributed by atoms with Gasteiger partial charge in [-0.2, -0.15) is 5.10 Å². The first kappa shape index (κ1) is 13.4. The van der Waals surface area contributed by atoms with E-state index in [4.69, 9.17) is 0 Å². The molecule has 0 radical (unpaired) electrons. The van der Waals surface area contributed by atoms with Gasteiger partial charge < -0.3 is 9.88 Å². The van der Waals surface area contributed by atoms with Crippen LogP contribution in [0.4, 0.5) is 0 Å². The second-order valence-electron chi connectivity index (χ2n) is 5.69. The maximum atomic E-state index is 4.28. The quantitative estimate of drug-likeness (QED) is 0.840. The number of rotatable bonds is 7. The van der Waals surface area contributed by atoms with E-state index in [9.17, 15) is 0 Å². The number of aryl methyl sites for hydroxylation is 1. The van der Waals surface area contributed by atoms with Gasteiger partial charge in [-0.25, -0.2) is 4.98 Å². The summed E-state index contributed by atoms with van der Waals surface area (Å²) >= 11 is 0. The molecule has 5 nitrogen and oxygen atoms in total. The van der Waals surface area contributed by atoms with E-state index in [1.807, 2.05) is 11.7 Å². The standard InChI is InChI=1S/C15H23N5/c1-3-7-16-15(12-4-5-12)13-6-8-20(9-13)10-14-17-11-18-19(14)2/h6,8-9,11-12,15-16H,3-5,7,10H2,1-2H3. The molecular formula is C15H23N5. The molecule has 1 aliphatic carbocycles. The number of aromatic nitrogens is 4. The molecule has 2 aromatic heterocycles. The Kier molecular flexibility index (Phi) is 3.87. The third kappa shape index (κ3) is 2.93. The predicted molar refractivity (Wildman–Crippen MR) is 78.3 cm³/mol. The van der Waals surface area contributed by atoms with E-state index in [2.05, 4.69) is 45.4 Å². The monoisotopic (exact) mass is 273 g/mol. The molecule has 0 aromatic carbocycles. The van der Waals surface area contributed by atoms with Crippen LogP contribution in [0.3, 0.4) is 0 Å². The van der Waals surface area contributed by atoms with E-state index >= 15 is 0 Å². The van der Waals surface area contributed by atoms with Crippen molar-refractivity contribution in [3.8, 4) is 0 Å². The van der Waals surface area contributed by atoms with Crippen molar-refractivity contribution in [2.45, 2.75) is 38.8 Å². The molecule has 3 rings (SSSR count). The Morgan fingerprint density at radius 2 is 2.30 bits per heavy atom. The van der Waals surface area contributed by atoms with E-state index in [0.29, 0.717) is 6.04 Å². The molecule has 108 valence electrons. The second-order valence-corrected chi connectivity index (χ2v) is 5.69. The highest BCUT2D eigenvalue weighted by Crippen LogP contribution is 2.41. The van der Waals surface area contributed by atoms with Gasteiger partial charge in [-0.05, 0) is 43.4 Å². The molecule has 0 aliphatic heterocycles. The first-order chi connectivity index (χ1) is 9.78. The van der Waals surface area contributed by atoms with Crippen LogP contribution in [0.1, 0.15) is 43.6 Å². The highest BCUT2D eigenvalue weighted by atomic mass is 15.3. The Balaban J connectivity index is 1.70. The van der Waals surface area contributed by atoms with E-state index < -0.39 is 0 Å². The van der Waals surface area contributed by atoms with Crippen molar-refractivity contribution in [2.75, 3.05) is 6.54 Å². The van der Waals surface area contributed by atoms with Crippen LogP contribution in [0.5, 0.6) is 0 Å². The lowest BCUT2D eigenvalue weighted by Gasteiger charge is -2.16.